The summed E-state index contributed by atoms with van der Waals surface area (Å²) in [4.78, 5) is 2.47. The molecule has 2 nitrogen and oxygen atoms in total. The Bertz CT molecular complexity index is 346. The van der Waals surface area contributed by atoms with Crippen molar-refractivity contribution in [3.05, 3.63) is 29.3 Å². The van der Waals surface area contributed by atoms with Crippen molar-refractivity contribution in [1.82, 2.24) is 0 Å². The van der Waals surface area contributed by atoms with Crippen LogP contribution in [0.25, 0.3) is 0 Å². The lowest BCUT2D eigenvalue weighted by Gasteiger charge is -2.19. The van der Waals surface area contributed by atoms with Crippen molar-refractivity contribution in [3.63, 3.8) is 0 Å². The van der Waals surface area contributed by atoms with Crippen molar-refractivity contribution >= 4 is 5.69 Å². The third kappa shape index (κ3) is 2.15. The summed E-state index contributed by atoms with van der Waals surface area (Å²) in [5, 5.41) is 0. The normalized spacial score (nSPS) is 21.0. The van der Waals surface area contributed by atoms with E-state index in [9.17, 15) is 0 Å². The maximum absolute atomic E-state index is 5.66. The zero-order valence-corrected chi connectivity index (χ0v) is 9.66. The van der Waals surface area contributed by atoms with Gasteiger partial charge in [0.2, 0.25) is 0 Å². The Balaban J connectivity index is 2.19. The van der Waals surface area contributed by atoms with Crippen molar-refractivity contribution in [3.8, 4) is 0 Å². The number of nitrogens with two attached hydrogens (primary N) is 1. The average Bonchev–Trinajstić information content (AvgIpc) is 2.65. The van der Waals surface area contributed by atoms with Gasteiger partial charge in [-0.2, -0.15) is 0 Å². The number of aryl methyl sites for hydroxylation is 1. The zero-order valence-electron chi connectivity index (χ0n) is 9.66. The molecule has 0 radical (unpaired) electrons. The van der Waals surface area contributed by atoms with Crippen LogP contribution in [0.3, 0.4) is 0 Å². The molecule has 15 heavy (non-hydrogen) atoms. The molecular formula is C13H20N2. The van der Waals surface area contributed by atoms with Crippen molar-refractivity contribution in [1.29, 1.82) is 0 Å². The summed E-state index contributed by atoms with van der Waals surface area (Å²) < 4.78 is 0. The number of nitrogens with zero attached hydrogens (tertiary/aromatic N) is 1. The lowest BCUT2D eigenvalue weighted by Crippen LogP contribution is -2.19. The Morgan fingerprint density at radius 1 is 1.47 bits per heavy atom. The second-order valence-electron chi connectivity index (χ2n) is 4.65. The van der Waals surface area contributed by atoms with Gasteiger partial charge in [-0.25, -0.2) is 0 Å². The van der Waals surface area contributed by atoms with E-state index in [0.717, 1.165) is 5.92 Å². The van der Waals surface area contributed by atoms with Gasteiger partial charge in [0.25, 0.3) is 0 Å². The molecule has 2 rings (SSSR count). The highest BCUT2D eigenvalue weighted by Gasteiger charge is 2.18. The number of hydrogen-bond acceptors (Lipinski definition) is 2. The van der Waals surface area contributed by atoms with E-state index in [1.165, 1.54) is 36.3 Å². The molecule has 1 atom stereocenters. The van der Waals surface area contributed by atoms with E-state index in [-0.39, 0.29) is 0 Å². The third-order valence-corrected chi connectivity index (χ3v) is 3.34. The molecule has 0 aliphatic carbocycles. The van der Waals surface area contributed by atoms with Crippen molar-refractivity contribution < 1.29 is 0 Å². The van der Waals surface area contributed by atoms with Gasteiger partial charge in [-0.15, -0.1) is 0 Å². The number of benzene rings is 1. The van der Waals surface area contributed by atoms with E-state index < -0.39 is 0 Å². The predicted molar refractivity (Wildman–Crippen MR) is 65.1 cm³/mol. The van der Waals surface area contributed by atoms with Gasteiger partial charge in [-0.3, -0.25) is 0 Å². The second-order valence-corrected chi connectivity index (χ2v) is 4.65. The first-order chi connectivity index (χ1) is 7.20. The van der Waals surface area contributed by atoms with Gasteiger partial charge in [-0.05, 0) is 42.5 Å². The molecule has 1 heterocycles. The SMILES string of the molecule is Cc1cc(N2CC[C@@H](C)C2)ccc1CN. The minimum Gasteiger partial charge on any atom is -0.371 e. The smallest absolute Gasteiger partial charge is 0.0369 e. The quantitative estimate of drug-likeness (QED) is 0.801. The standard InChI is InChI=1S/C13H20N2/c1-10-5-6-15(9-10)13-4-3-12(8-14)11(2)7-13/h3-4,7,10H,5-6,8-9,14H2,1-2H3/t10-/m1/s1. The number of rotatable bonds is 2. The van der Waals surface area contributed by atoms with Crippen molar-refractivity contribution in [2.24, 2.45) is 11.7 Å². The van der Waals surface area contributed by atoms with Gasteiger partial charge in [0.1, 0.15) is 0 Å². The molecule has 0 saturated carbocycles. The van der Waals surface area contributed by atoms with Crippen LogP contribution in [0.4, 0.5) is 5.69 Å². The Morgan fingerprint density at radius 2 is 2.27 bits per heavy atom. The summed E-state index contributed by atoms with van der Waals surface area (Å²) in [6.07, 6.45) is 1.32. The van der Waals surface area contributed by atoms with Gasteiger partial charge in [0, 0.05) is 25.3 Å². The first-order valence-corrected chi connectivity index (χ1v) is 5.75. The molecule has 82 valence electrons. The number of hydrogen-bond donors (Lipinski definition) is 1. The highest BCUT2D eigenvalue weighted by atomic mass is 15.1. The van der Waals surface area contributed by atoms with Gasteiger partial charge < -0.3 is 10.6 Å². The summed E-state index contributed by atoms with van der Waals surface area (Å²) in [6, 6.07) is 6.63. The van der Waals surface area contributed by atoms with Crippen LogP contribution in [-0.2, 0) is 6.54 Å². The summed E-state index contributed by atoms with van der Waals surface area (Å²) in [5.41, 5.74) is 9.59. The second kappa shape index (κ2) is 4.23. The van der Waals surface area contributed by atoms with Crippen molar-refractivity contribution in [2.45, 2.75) is 26.8 Å². The van der Waals surface area contributed by atoms with E-state index in [1.54, 1.807) is 0 Å². The van der Waals surface area contributed by atoms with Crippen LogP contribution >= 0.6 is 0 Å². The molecule has 1 aliphatic rings. The van der Waals surface area contributed by atoms with Gasteiger partial charge in [0.05, 0.1) is 0 Å². The molecule has 2 N–H and O–H groups in total. The van der Waals surface area contributed by atoms with Crippen LogP contribution in [0.1, 0.15) is 24.5 Å². The molecule has 1 fully saturated rings. The molecule has 0 spiro atoms. The van der Waals surface area contributed by atoms with E-state index in [0.29, 0.717) is 6.54 Å². The van der Waals surface area contributed by atoms with Crippen LogP contribution in [0.2, 0.25) is 0 Å². The van der Waals surface area contributed by atoms with Gasteiger partial charge >= 0.3 is 0 Å². The monoisotopic (exact) mass is 204 g/mol. The van der Waals surface area contributed by atoms with Gasteiger partial charge in [-0.1, -0.05) is 13.0 Å². The van der Waals surface area contributed by atoms with Crippen LogP contribution in [0.15, 0.2) is 18.2 Å². The third-order valence-electron chi connectivity index (χ3n) is 3.34. The fourth-order valence-electron chi connectivity index (χ4n) is 2.28. The van der Waals surface area contributed by atoms with Crippen LogP contribution in [0.5, 0.6) is 0 Å². The van der Waals surface area contributed by atoms with Crippen LogP contribution in [0, 0.1) is 12.8 Å². The summed E-state index contributed by atoms with van der Waals surface area (Å²) in [6.45, 7) is 7.50. The maximum atomic E-state index is 5.66. The predicted octanol–water partition coefficient (Wildman–Crippen LogP) is 2.30. The Morgan fingerprint density at radius 3 is 2.80 bits per heavy atom. The summed E-state index contributed by atoms with van der Waals surface area (Å²) >= 11 is 0. The molecule has 1 aliphatic heterocycles. The van der Waals surface area contributed by atoms with E-state index in [1.807, 2.05) is 0 Å². The molecule has 0 bridgehead atoms. The van der Waals surface area contributed by atoms with Crippen LogP contribution in [-0.4, -0.2) is 13.1 Å². The topological polar surface area (TPSA) is 29.3 Å². The summed E-state index contributed by atoms with van der Waals surface area (Å²) in [7, 11) is 0. The zero-order chi connectivity index (χ0) is 10.8. The molecule has 2 heteroatoms. The summed E-state index contributed by atoms with van der Waals surface area (Å²) in [5.74, 6) is 0.833. The molecule has 0 unspecified atom stereocenters. The van der Waals surface area contributed by atoms with E-state index in [2.05, 4.69) is 36.9 Å². The minimum absolute atomic E-state index is 0.641. The fourth-order valence-corrected chi connectivity index (χ4v) is 2.28. The van der Waals surface area contributed by atoms with E-state index >= 15 is 0 Å². The largest absolute Gasteiger partial charge is 0.371 e. The number of anilines is 1. The Hall–Kier alpha value is -1.02. The highest BCUT2D eigenvalue weighted by molar-refractivity contribution is 5.51. The lowest BCUT2D eigenvalue weighted by atomic mass is 10.1. The lowest BCUT2D eigenvalue weighted by molar-refractivity contribution is 0.659. The van der Waals surface area contributed by atoms with Crippen LogP contribution < -0.4 is 10.6 Å². The Kier molecular flexibility index (Phi) is 2.96. The van der Waals surface area contributed by atoms with E-state index in [4.69, 9.17) is 5.73 Å². The first kappa shape index (κ1) is 10.5. The maximum Gasteiger partial charge on any atom is 0.0369 e. The molecular weight excluding hydrogens is 184 g/mol. The molecule has 1 aromatic carbocycles. The molecule has 1 aromatic rings. The highest BCUT2D eigenvalue weighted by Crippen LogP contribution is 2.25. The average molecular weight is 204 g/mol. The molecule has 0 aromatic heterocycles. The van der Waals surface area contributed by atoms with Crippen molar-refractivity contribution in [2.75, 3.05) is 18.0 Å². The fraction of sp³-hybridized carbons (Fsp3) is 0.538. The minimum atomic E-state index is 0.641. The Labute approximate surface area is 92.1 Å². The molecule has 0 amide bonds. The molecule has 1 saturated heterocycles. The first-order valence-electron chi connectivity index (χ1n) is 5.75. The van der Waals surface area contributed by atoms with Gasteiger partial charge in [0.15, 0.2) is 0 Å².